The minimum absolute atomic E-state index is 0.0713. The molecule has 0 atom stereocenters. The van der Waals surface area contributed by atoms with E-state index in [1.807, 2.05) is 25.1 Å². The molecular formula is C10H11BrO3. The topological polar surface area (TPSA) is 35.5 Å². The Balaban J connectivity index is 2.63. The predicted octanol–water partition coefficient (Wildman–Crippen LogP) is 2.31. The lowest BCUT2D eigenvalue weighted by atomic mass is 10.2. The van der Waals surface area contributed by atoms with Crippen molar-refractivity contribution in [3.63, 3.8) is 0 Å². The van der Waals surface area contributed by atoms with E-state index in [2.05, 4.69) is 20.7 Å². The van der Waals surface area contributed by atoms with Gasteiger partial charge in [-0.25, -0.2) is 4.79 Å². The number of carbonyl (C=O) groups excluding carboxylic acids is 1. The average molecular weight is 259 g/mol. The molecule has 1 aromatic carbocycles. The fraction of sp³-hybridized carbons (Fsp3) is 0.300. The Morgan fingerprint density at radius 2 is 2.21 bits per heavy atom. The van der Waals surface area contributed by atoms with Crippen molar-refractivity contribution in [3.05, 3.63) is 28.2 Å². The SMILES string of the molecule is COC(=O)COc1ccc(C)cc1Br. The highest BCUT2D eigenvalue weighted by atomic mass is 79.9. The van der Waals surface area contributed by atoms with Crippen LogP contribution >= 0.6 is 15.9 Å². The van der Waals surface area contributed by atoms with Gasteiger partial charge in [-0.05, 0) is 40.5 Å². The second kappa shape index (κ2) is 5.00. The van der Waals surface area contributed by atoms with Crippen molar-refractivity contribution in [1.82, 2.24) is 0 Å². The third-order valence-corrected chi connectivity index (χ3v) is 2.28. The molecule has 0 bridgehead atoms. The molecule has 0 radical (unpaired) electrons. The van der Waals surface area contributed by atoms with Crippen molar-refractivity contribution >= 4 is 21.9 Å². The smallest absolute Gasteiger partial charge is 0.343 e. The van der Waals surface area contributed by atoms with Gasteiger partial charge in [0.15, 0.2) is 6.61 Å². The minimum Gasteiger partial charge on any atom is -0.481 e. The van der Waals surface area contributed by atoms with Crippen molar-refractivity contribution in [2.24, 2.45) is 0 Å². The maximum absolute atomic E-state index is 10.8. The van der Waals surface area contributed by atoms with Crippen LogP contribution in [0.3, 0.4) is 0 Å². The first kappa shape index (κ1) is 11.0. The molecule has 0 aliphatic rings. The van der Waals surface area contributed by atoms with E-state index < -0.39 is 5.97 Å². The van der Waals surface area contributed by atoms with Crippen molar-refractivity contribution in [3.8, 4) is 5.75 Å². The van der Waals surface area contributed by atoms with Crippen LogP contribution in [0.1, 0.15) is 5.56 Å². The van der Waals surface area contributed by atoms with E-state index in [0.29, 0.717) is 5.75 Å². The summed E-state index contributed by atoms with van der Waals surface area (Å²) in [6.07, 6.45) is 0. The summed E-state index contributed by atoms with van der Waals surface area (Å²) >= 11 is 3.34. The van der Waals surface area contributed by atoms with Gasteiger partial charge < -0.3 is 9.47 Å². The van der Waals surface area contributed by atoms with Gasteiger partial charge in [-0.1, -0.05) is 6.07 Å². The molecule has 0 aliphatic carbocycles. The van der Waals surface area contributed by atoms with Crippen LogP contribution < -0.4 is 4.74 Å². The molecule has 0 amide bonds. The third-order valence-electron chi connectivity index (χ3n) is 1.66. The van der Waals surface area contributed by atoms with Crippen molar-refractivity contribution in [1.29, 1.82) is 0 Å². The van der Waals surface area contributed by atoms with Gasteiger partial charge in [0.2, 0.25) is 0 Å². The first-order chi connectivity index (χ1) is 6.63. The second-order valence-corrected chi connectivity index (χ2v) is 3.65. The predicted molar refractivity (Wildman–Crippen MR) is 56.4 cm³/mol. The quantitative estimate of drug-likeness (QED) is 0.781. The van der Waals surface area contributed by atoms with Gasteiger partial charge in [0, 0.05) is 0 Å². The number of aryl methyl sites for hydroxylation is 1. The lowest BCUT2D eigenvalue weighted by molar-refractivity contribution is -0.142. The van der Waals surface area contributed by atoms with Crippen molar-refractivity contribution in [2.45, 2.75) is 6.92 Å². The van der Waals surface area contributed by atoms with Crippen LogP contribution in [0.2, 0.25) is 0 Å². The van der Waals surface area contributed by atoms with Crippen LogP contribution in [0.25, 0.3) is 0 Å². The molecule has 0 saturated carbocycles. The summed E-state index contributed by atoms with van der Waals surface area (Å²) in [5.74, 6) is 0.249. The highest BCUT2D eigenvalue weighted by molar-refractivity contribution is 9.10. The zero-order chi connectivity index (χ0) is 10.6. The Hall–Kier alpha value is -1.03. The van der Waals surface area contributed by atoms with Gasteiger partial charge in [0.25, 0.3) is 0 Å². The van der Waals surface area contributed by atoms with E-state index in [-0.39, 0.29) is 6.61 Å². The molecule has 0 fully saturated rings. The van der Waals surface area contributed by atoms with Crippen LogP contribution in [0.5, 0.6) is 5.75 Å². The van der Waals surface area contributed by atoms with Crippen molar-refractivity contribution < 1.29 is 14.3 Å². The van der Waals surface area contributed by atoms with Gasteiger partial charge in [0.05, 0.1) is 11.6 Å². The van der Waals surface area contributed by atoms with Gasteiger partial charge >= 0.3 is 5.97 Å². The molecule has 1 aromatic rings. The number of methoxy groups -OCH3 is 1. The van der Waals surface area contributed by atoms with E-state index in [4.69, 9.17) is 4.74 Å². The number of halogens is 1. The Kier molecular flexibility index (Phi) is 3.95. The minimum atomic E-state index is -0.391. The maximum Gasteiger partial charge on any atom is 0.343 e. The number of esters is 1. The molecule has 0 aromatic heterocycles. The van der Waals surface area contributed by atoms with E-state index >= 15 is 0 Å². The molecule has 0 aliphatic heterocycles. The normalized spacial score (nSPS) is 9.64. The van der Waals surface area contributed by atoms with Gasteiger partial charge in [-0.15, -0.1) is 0 Å². The number of carbonyl (C=O) groups is 1. The lowest BCUT2D eigenvalue weighted by Gasteiger charge is -2.07. The first-order valence-corrected chi connectivity index (χ1v) is 4.88. The second-order valence-electron chi connectivity index (χ2n) is 2.80. The summed E-state index contributed by atoms with van der Waals surface area (Å²) in [6.45, 7) is 1.91. The molecule has 4 heteroatoms. The summed E-state index contributed by atoms with van der Waals surface area (Å²) in [5.41, 5.74) is 1.13. The molecule has 76 valence electrons. The fourth-order valence-electron chi connectivity index (χ4n) is 0.919. The molecule has 0 unspecified atom stereocenters. The molecular weight excluding hydrogens is 248 g/mol. The monoisotopic (exact) mass is 258 g/mol. The molecule has 0 saturated heterocycles. The van der Waals surface area contributed by atoms with Crippen LogP contribution in [0, 0.1) is 6.92 Å². The number of benzene rings is 1. The summed E-state index contributed by atoms with van der Waals surface area (Å²) in [6, 6.07) is 5.65. The van der Waals surface area contributed by atoms with Crippen LogP contribution in [0.4, 0.5) is 0 Å². The first-order valence-electron chi connectivity index (χ1n) is 4.09. The van der Waals surface area contributed by atoms with E-state index in [9.17, 15) is 4.79 Å². The standard InChI is InChI=1S/C10H11BrO3/c1-7-3-4-9(8(11)5-7)14-6-10(12)13-2/h3-5H,6H2,1-2H3. The number of hydrogen-bond acceptors (Lipinski definition) is 3. The van der Waals surface area contributed by atoms with Gasteiger partial charge in [-0.2, -0.15) is 0 Å². The molecule has 0 spiro atoms. The molecule has 14 heavy (non-hydrogen) atoms. The molecule has 0 heterocycles. The zero-order valence-electron chi connectivity index (χ0n) is 8.04. The van der Waals surface area contributed by atoms with E-state index in [0.717, 1.165) is 10.0 Å². The van der Waals surface area contributed by atoms with E-state index in [1.54, 1.807) is 0 Å². The number of ether oxygens (including phenoxy) is 2. The Labute approximate surface area is 91.1 Å². The highest BCUT2D eigenvalue weighted by Crippen LogP contribution is 2.25. The highest BCUT2D eigenvalue weighted by Gasteiger charge is 2.04. The van der Waals surface area contributed by atoms with Gasteiger partial charge in [-0.3, -0.25) is 0 Å². The molecule has 1 rings (SSSR count). The largest absolute Gasteiger partial charge is 0.481 e. The molecule has 3 nitrogen and oxygen atoms in total. The average Bonchev–Trinajstić information content (AvgIpc) is 2.16. The number of hydrogen-bond donors (Lipinski definition) is 0. The van der Waals surface area contributed by atoms with Crippen LogP contribution in [-0.2, 0) is 9.53 Å². The summed E-state index contributed by atoms with van der Waals surface area (Å²) < 4.78 is 10.5. The maximum atomic E-state index is 10.8. The number of rotatable bonds is 3. The van der Waals surface area contributed by atoms with Gasteiger partial charge in [0.1, 0.15) is 5.75 Å². The van der Waals surface area contributed by atoms with Crippen LogP contribution in [-0.4, -0.2) is 19.7 Å². The fourth-order valence-corrected chi connectivity index (χ4v) is 1.53. The summed E-state index contributed by atoms with van der Waals surface area (Å²) in [5, 5.41) is 0. The zero-order valence-corrected chi connectivity index (χ0v) is 9.63. The van der Waals surface area contributed by atoms with E-state index in [1.165, 1.54) is 7.11 Å². The summed E-state index contributed by atoms with van der Waals surface area (Å²) in [7, 11) is 1.33. The molecule has 0 N–H and O–H groups in total. The Morgan fingerprint density at radius 1 is 1.50 bits per heavy atom. The lowest BCUT2D eigenvalue weighted by Crippen LogP contribution is -2.12. The summed E-state index contributed by atoms with van der Waals surface area (Å²) in [4.78, 5) is 10.8. The van der Waals surface area contributed by atoms with Crippen LogP contribution in [0.15, 0.2) is 22.7 Å². The third kappa shape index (κ3) is 3.03. The Morgan fingerprint density at radius 3 is 2.79 bits per heavy atom. The van der Waals surface area contributed by atoms with Crippen molar-refractivity contribution in [2.75, 3.05) is 13.7 Å². The Bertz CT molecular complexity index is 336.